The van der Waals surface area contributed by atoms with Gasteiger partial charge >= 0.3 is 0 Å². The lowest BCUT2D eigenvalue weighted by atomic mass is 10.3. The zero-order valence-corrected chi connectivity index (χ0v) is 10.6. The number of hydrogen-bond donors (Lipinski definition) is 2. The predicted molar refractivity (Wildman–Crippen MR) is 69.9 cm³/mol. The lowest BCUT2D eigenvalue weighted by molar-refractivity contribution is 0.557. The van der Waals surface area contributed by atoms with Crippen molar-refractivity contribution >= 4 is 16.9 Å². The third-order valence-electron chi connectivity index (χ3n) is 2.80. The van der Waals surface area contributed by atoms with Gasteiger partial charge in [-0.15, -0.1) is 0 Å². The minimum absolute atomic E-state index is 0.151. The maximum absolute atomic E-state index is 11.6. The molecule has 0 aromatic carbocycles. The number of aromatic nitrogens is 4. The summed E-state index contributed by atoms with van der Waals surface area (Å²) in [5, 5.41) is 7.80. The van der Waals surface area contributed by atoms with E-state index in [2.05, 4.69) is 20.4 Å². The molecule has 0 aliphatic carbocycles. The Kier molecular flexibility index (Phi) is 2.59. The van der Waals surface area contributed by atoms with Crippen molar-refractivity contribution in [3.05, 3.63) is 40.3 Å². The van der Waals surface area contributed by atoms with E-state index in [9.17, 15) is 4.79 Å². The Balaban J connectivity index is 1.84. The van der Waals surface area contributed by atoms with E-state index in [1.807, 2.05) is 14.0 Å². The second kappa shape index (κ2) is 4.27. The highest BCUT2D eigenvalue weighted by Gasteiger charge is 2.08. The van der Waals surface area contributed by atoms with Gasteiger partial charge in [0, 0.05) is 13.2 Å². The van der Waals surface area contributed by atoms with Crippen LogP contribution >= 0.6 is 0 Å². The number of nitrogens with zero attached hydrogens (tertiary/aromatic N) is 3. The molecule has 0 aliphatic rings. The summed E-state index contributed by atoms with van der Waals surface area (Å²) in [5.74, 6) is 2.03. The van der Waals surface area contributed by atoms with E-state index in [-0.39, 0.29) is 5.56 Å². The molecule has 2 N–H and O–H groups in total. The molecule has 3 heterocycles. The number of aryl methyl sites for hydroxylation is 2. The van der Waals surface area contributed by atoms with Gasteiger partial charge in [0.1, 0.15) is 17.2 Å². The van der Waals surface area contributed by atoms with Crippen LogP contribution in [0.25, 0.3) is 11.0 Å². The molecule has 0 saturated heterocycles. The van der Waals surface area contributed by atoms with Crippen LogP contribution in [0.15, 0.2) is 27.5 Å². The summed E-state index contributed by atoms with van der Waals surface area (Å²) >= 11 is 0. The minimum Gasteiger partial charge on any atom is -0.459 e. The van der Waals surface area contributed by atoms with Crippen LogP contribution in [-0.4, -0.2) is 19.7 Å². The summed E-state index contributed by atoms with van der Waals surface area (Å²) in [6.45, 7) is 2.27. The molecule has 0 aliphatic heterocycles. The van der Waals surface area contributed by atoms with E-state index < -0.39 is 0 Å². The first-order valence-corrected chi connectivity index (χ1v) is 5.85. The molecule has 0 amide bonds. The maximum atomic E-state index is 11.6. The predicted octanol–water partition coefficient (Wildman–Crippen LogP) is 1.17. The number of pyridine rings is 1. The standard InChI is InChI=1S/C12H13N5O2/c1-7-15-12(17(2)16-7)14-6-8-5-9-10(19-8)3-4-13-11(9)18/h3-5H,6H2,1-2H3,(H,13,18)(H,14,15,16). The molecule has 7 heteroatoms. The van der Waals surface area contributed by atoms with Crippen LogP contribution in [0.3, 0.4) is 0 Å². The van der Waals surface area contributed by atoms with Crippen molar-refractivity contribution in [1.29, 1.82) is 0 Å². The van der Waals surface area contributed by atoms with Crippen molar-refractivity contribution in [1.82, 2.24) is 19.7 Å². The number of aromatic amines is 1. The fourth-order valence-electron chi connectivity index (χ4n) is 1.95. The first-order valence-electron chi connectivity index (χ1n) is 5.85. The van der Waals surface area contributed by atoms with Crippen LogP contribution in [0.2, 0.25) is 0 Å². The molecule has 0 radical (unpaired) electrons. The summed E-state index contributed by atoms with van der Waals surface area (Å²) in [6, 6.07) is 3.46. The Morgan fingerprint density at radius 3 is 3.05 bits per heavy atom. The molecule has 3 rings (SSSR count). The van der Waals surface area contributed by atoms with Gasteiger partial charge in [0.2, 0.25) is 5.95 Å². The van der Waals surface area contributed by atoms with E-state index in [1.165, 1.54) is 0 Å². The van der Waals surface area contributed by atoms with Crippen LogP contribution in [0, 0.1) is 6.92 Å². The van der Waals surface area contributed by atoms with Gasteiger partial charge < -0.3 is 14.7 Å². The average molecular weight is 259 g/mol. The van der Waals surface area contributed by atoms with Crippen molar-refractivity contribution in [3.63, 3.8) is 0 Å². The number of anilines is 1. The van der Waals surface area contributed by atoms with Crippen molar-refractivity contribution in [3.8, 4) is 0 Å². The van der Waals surface area contributed by atoms with Crippen molar-refractivity contribution in [2.24, 2.45) is 7.05 Å². The second-order valence-electron chi connectivity index (χ2n) is 4.26. The number of nitrogens with one attached hydrogen (secondary N) is 2. The highest BCUT2D eigenvalue weighted by Crippen LogP contribution is 2.16. The monoisotopic (exact) mass is 259 g/mol. The Hall–Kier alpha value is -2.57. The lowest BCUT2D eigenvalue weighted by Crippen LogP contribution is -2.05. The zero-order valence-electron chi connectivity index (χ0n) is 10.6. The van der Waals surface area contributed by atoms with E-state index in [4.69, 9.17) is 4.42 Å². The molecule has 7 nitrogen and oxygen atoms in total. The van der Waals surface area contributed by atoms with Crippen molar-refractivity contribution < 1.29 is 4.42 Å². The third kappa shape index (κ3) is 2.10. The van der Waals surface area contributed by atoms with Gasteiger partial charge in [-0.1, -0.05) is 0 Å². The smallest absolute Gasteiger partial charge is 0.259 e. The van der Waals surface area contributed by atoms with Crippen LogP contribution in [0.1, 0.15) is 11.6 Å². The van der Waals surface area contributed by atoms with Gasteiger partial charge in [-0.05, 0) is 19.1 Å². The maximum Gasteiger partial charge on any atom is 0.259 e. The molecular formula is C12H13N5O2. The third-order valence-corrected chi connectivity index (χ3v) is 2.80. The molecule has 0 spiro atoms. The number of fused-ring (bicyclic) bond motifs is 1. The highest BCUT2D eigenvalue weighted by molar-refractivity contribution is 5.76. The average Bonchev–Trinajstić information content (AvgIpc) is 2.91. The molecule has 0 saturated carbocycles. The molecule has 98 valence electrons. The Bertz CT molecular complexity index is 783. The van der Waals surface area contributed by atoms with Gasteiger partial charge in [0.15, 0.2) is 0 Å². The molecule has 0 unspecified atom stereocenters. The summed E-state index contributed by atoms with van der Waals surface area (Å²) in [5.41, 5.74) is 0.427. The van der Waals surface area contributed by atoms with Crippen molar-refractivity contribution in [2.75, 3.05) is 5.32 Å². The first-order chi connectivity index (χ1) is 9.13. The summed E-state index contributed by atoms with van der Waals surface area (Å²) in [7, 11) is 1.81. The van der Waals surface area contributed by atoms with E-state index >= 15 is 0 Å². The van der Waals surface area contributed by atoms with E-state index in [1.54, 1.807) is 23.0 Å². The molecule has 0 atom stereocenters. The van der Waals surface area contributed by atoms with E-state index in [0.717, 1.165) is 0 Å². The Labute approximate surface area is 108 Å². The van der Waals surface area contributed by atoms with Crippen LogP contribution in [-0.2, 0) is 13.6 Å². The SMILES string of the molecule is Cc1nc(NCc2cc3c(=O)[nH]ccc3o2)n(C)n1. The first kappa shape index (κ1) is 11.5. The number of rotatable bonds is 3. The van der Waals surface area contributed by atoms with Gasteiger partial charge in [-0.2, -0.15) is 10.1 Å². The summed E-state index contributed by atoms with van der Waals surface area (Å²) in [4.78, 5) is 18.4. The molecule has 19 heavy (non-hydrogen) atoms. The summed E-state index contributed by atoms with van der Waals surface area (Å²) in [6.07, 6.45) is 1.57. The number of furan rings is 1. The highest BCUT2D eigenvalue weighted by atomic mass is 16.3. The largest absolute Gasteiger partial charge is 0.459 e. The molecular weight excluding hydrogens is 246 g/mol. The lowest BCUT2D eigenvalue weighted by Gasteiger charge is -2.01. The quantitative estimate of drug-likeness (QED) is 0.737. The van der Waals surface area contributed by atoms with Gasteiger partial charge in [0.05, 0.1) is 11.9 Å². The fourth-order valence-corrected chi connectivity index (χ4v) is 1.95. The molecule has 0 bridgehead atoms. The van der Waals surface area contributed by atoms with Gasteiger partial charge in [-0.3, -0.25) is 4.79 Å². The minimum atomic E-state index is -0.151. The number of hydrogen-bond acceptors (Lipinski definition) is 5. The Morgan fingerprint density at radius 2 is 2.37 bits per heavy atom. The van der Waals surface area contributed by atoms with Crippen LogP contribution in [0.4, 0.5) is 5.95 Å². The van der Waals surface area contributed by atoms with Gasteiger partial charge in [0.25, 0.3) is 5.56 Å². The summed E-state index contributed by atoms with van der Waals surface area (Å²) < 4.78 is 7.23. The topological polar surface area (TPSA) is 88.7 Å². The van der Waals surface area contributed by atoms with E-state index in [0.29, 0.717) is 35.0 Å². The molecule has 3 aromatic heterocycles. The van der Waals surface area contributed by atoms with Crippen molar-refractivity contribution in [2.45, 2.75) is 13.5 Å². The van der Waals surface area contributed by atoms with Gasteiger partial charge in [-0.25, -0.2) is 4.68 Å². The number of H-pyrrole nitrogens is 1. The fraction of sp³-hybridized carbons (Fsp3) is 0.250. The van der Waals surface area contributed by atoms with Crippen LogP contribution in [0.5, 0.6) is 0 Å². The zero-order chi connectivity index (χ0) is 13.4. The molecule has 3 aromatic rings. The molecule has 0 fully saturated rings. The van der Waals surface area contributed by atoms with Crippen LogP contribution < -0.4 is 10.9 Å². The Morgan fingerprint density at radius 1 is 1.53 bits per heavy atom. The normalized spacial score (nSPS) is 11.1. The second-order valence-corrected chi connectivity index (χ2v) is 4.26.